The number of fused-ring (bicyclic) bond motifs is 1. The van der Waals surface area contributed by atoms with E-state index in [0.29, 0.717) is 30.5 Å². The van der Waals surface area contributed by atoms with Crippen LogP contribution in [0.25, 0.3) is 11.1 Å². The minimum absolute atomic E-state index is 0.393. The molecule has 1 saturated carbocycles. The highest BCUT2D eigenvalue weighted by Gasteiger charge is 2.43. The molecule has 5 heteroatoms. The van der Waals surface area contributed by atoms with Gasteiger partial charge in [-0.25, -0.2) is 4.79 Å². The molecular formula is C15H17NO4. The highest BCUT2D eigenvalue weighted by molar-refractivity contribution is 5.84. The van der Waals surface area contributed by atoms with Crippen LogP contribution in [0.4, 0.5) is 0 Å². The minimum Gasteiger partial charge on any atom is -0.481 e. The Balaban J connectivity index is 2.22. The van der Waals surface area contributed by atoms with Gasteiger partial charge >= 0.3 is 11.7 Å². The Morgan fingerprint density at radius 2 is 2.10 bits per heavy atom. The first-order valence-corrected chi connectivity index (χ1v) is 6.96. The molecule has 0 atom stereocenters. The fourth-order valence-corrected chi connectivity index (χ4v) is 3.26. The van der Waals surface area contributed by atoms with Crippen LogP contribution in [-0.2, 0) is 16.8 Å². The third kappa shape index (κ3) is 1.69. The first-order chi connectivity index (χ1) is 9.58. The molecule has 0 unspecified atom stereocenters. The number of carboxylic acids is 1. The molecule has 0 amide bonds. The van der Waals surface area contributed by atoms with Crippen LogP contribution in [0.3, 0.4) is 0 Å². The monoisotopic (exact) mass is 275 g/mol. The molecule has 1 aromatic heterocycles. The molecular weight excluding hydrogens is 258 g/mol. The maximum Gasteiger partial charge on any atom is 0.419 e. The number of aromatic nitrogens is 1. The van der Waals surface area contributed by atoms with Crippen molar-refractivity contribution in [3.05, 3.63) is 34.3 Å². The van der Waals surface area contributed by atoms with Crippen molar-refractivity contribution in [2.75, 3.05) is 0 Å². The Morgan fingerprint density at radius 3 is 2.70 bits per heavy atom. The summed E-state index contributed by atoms with van der Waals surface area (Å²) in [5.74, 6) is -1.17. The number of aryl methyl sites for hydroxylation is 1. The van der Waals surface area contributed by atoms with E-state index in [1.807, 2.05) is 13.0 Å². The van der Waals surface area contributed by atoms with Crippen molar-refractivity contribution in [2.45, 2.75) is 44.6 Å². The van der Waals surface area contributed by atoms with Gasteiger partial charge in [0.05, 0.1) is 10.9 Å². The lowest BCUT2D eigenvalue weighted by Gasteiger charge is -2.24. The van der Waals surface area contributed by atoms with E-state index in [1.165, 1.54) is 4.57 Å². The Morgan fingerprint density at radius 1 is 1.40 bits per heavy atom. The summed E-state index contributed by atoms with van der Waals surface area (Å²) in [4.78, 5) is 23.4. The number of rotatable bonds is 3. The van der Waals surface area contributed by atoms with Crippen LogP contribution in [0.5, 0.6) is 0 Å². The normalized spacial score (nSPS) is 17.6. The molecule has 3 rings (SSSR count). The van der Waals surface area contributed by atoms with Gasteiger partial charge < -0.3 is 9.52 Å². The van der Waals surface area contributed by atoms with Crippen molar-refractivity contribution in [1.29, 1.82) is 0 Å². The summed E-state index contributed by atoms with van der Waals surface area (Å²) in [7, 11) is 0. The number of aliphatic carboxylic acids is 1. The van der Waals surface area contributed by atoms with Crippen LogP contribution in [0.2, 0.25) is 0 Å². The van der Waals surface area contributed by atoms with Crippen molar-refractivity contribution in [3.63, 3.8) is 0 Å². The number of carboxylic acid groups (broad SMARTS) is 1. The molecule has 1 fully saturated rings. The molecule has 1 aromatic carbocycles. The average Bonchev–Trinajstić information content (AvgIpc) is 3.01. The zero-order chi connectivity index (χ0) is 14.3. The van der Waals surface area contributed by atoms with Gasteiger partial charge in [0.25, 0.3) is 0 Å². The molecule has 106 valence electrons. The van der Waals surface area contributed by atoms with E-state index in [9.17, 15) is 14.7 Å². The van der Waals surface area contributed by atoms with Gasteiger partial charge in [-0.15, -0.1) is 0 Å². The van der Waals surface area contributed by atoms with Crippen molar-refractivity contribution in [1.82, 2.24) is 4.57 Å². The second kappa shape index (κ2) is 4.51. The predicted octanol–water partition coefficient (Wildman–Crippen LogP) is 2.51. The molecule has 1 N–H and O–H groups in total. The summed E-state index contributed by atoms with van der Waals surface area (Å²) in [6.07, 6.45) is 3.16. The molecule has 0 bridgehead atoms. The number of hydrogen-bond donors (Lipinski definition) is 1. The second-order valence-electron chi connectivity index (χ2n) is 5.39. The van der Waals surface area contributed by atoms with Crippen LogP contribution in [0.15, 0.2) is 27.4 Å². The summed E-state index contributed by atoms with van der Waals surface area (Å²) in [5, 5.41) is 9.63. The predicted molar refractivity (Wildman–Crippen MR) is 73.9 cm³/mol. The molecule has 0 radical (unpaired) electrons. The zero-order valence-electron chi connectivity index (χ0n) is 11.4. The van der Waals surface area contributed by atoms with Gasteiger partial charge in [-0.3, -0.25) is 9.36 Å². The van der Waals surface area contributed by atoms with E-state index in [-0.39, 0.29) is 0 Å². The van der Waals surface area contributed by atoms with Crippen LogP contribution in [0, 0.1) is 0 Å². The standard InChI is InChI=1S/C15H17NO4/c1-2-16-11-9-10(5-6-12(11)20-14(16)19)15(13(17)18)7-3-4-8-15/h5-6,9H,2-4,7-8H2,1H3,(H,17,18). The largest absolute Gasteiger partial charge is 0.481 e. The lowest BCUT2D eigenvalue weighted by molar-refractivity contribution is -0.143. The number of benzene rings is 1. The topological polar surface area (TPSA) is 72.4 Å². The highest BCUT2D eigenvalue weighted by atomic mass is 16.4. The van der Waals surface area contributed by atoms with Crippen molar-refractivity contribution >= 4 is 17.1 Å². The van der Waals surface area contributed by atoms with Crippen LogP contribution in [0.1, 0.15) is 38.2 Å². The first-order valence-electron chi connectivity index (χ1n) is 6.96. The third-order valence-electron chi connectivity index (χ3n) is 4.40. The Hall–Kier alpha value is -2.04. The van der Waals surface area contributed by atoms with E-state index >= 15 is 0 Å². The second-order valence-corrected chi connectivity index (χ2v) is 5.39. The number of nitrogens with zero attached hydrogens (tertiary/aromatic N) is 1. The zero-order valence-corrected chi connectivity index (χ0v) is 11.4. The molecule has 0 saturated heterocycles. The van der Waals surface area contributed by atoms with E-state index in [4.69, 9.17) is 4.42 Å². The summed E-state index contributed by atoms with van der Waals surface area (Å²) >= 11 is 0. The summed E-state index contributed by atoms with van der Waals surface area (Å²) in [5.41, 5.74) is 1.17. The van der Waals surface area contributed by atoms with E-state index < -0.39 is 17.1 Å². The maximum absolute atomic E-state index is 11.7. The maximum atomic E-state index is 11.7. The number of carbonyl (C=O) groups is 1. The quantitative estimate of drug-likeness (QED) is 0.934. The van der Waals surface area contributed by atoms with E-state index in [1.54, 1.807) is 12.1 Å². The van der Waals surface area contributed by atoms with Gasteiger partial charge in [0.1, 0.15) is 0 Å². The molecule has 2 aromatic rings. The van der Waals surface area contributed by atoms with Gasteiger partial charge in [-0.2, -0.15) is 0 Å². The van der Waals surface area contributed by atoms with Crippen molar-refractivity contribution in [2.24, 2.45) is 0 Å². The Bertz CT molecular complexity index is 719. The lowest BCUT2D eigenvalue weighted by Crippen LogP contribution is -2.32. The van der Waals surface area contributed by atoms with Gasteiger partial charge in [0.15, 0.2) is 5.58 Å². The smallest absolute Gasteiger partial charge is 0.419 e. The molecule has 0 spiro atoms. The van der Waals surface area contributed by atoms with Crippen molar-refractivity contribution < 1.29 is 14.3 Å². The fourth-order valence-electron chi connectivity index (χ4n) is 3.26. The third-order valence-corrected chi connectivity index (χ3v) is 4.40. The summed E-state index contributed by atoms with van der Waals surface area (Å²) in [6.45, 7) is 2.38. The van der Waals surface area contributed by atoms with Gasteiger partial charge in [-0.05, 0) is 37.5 Å². The van der Waals surface area contributed by atoms with Crippen LogP contribution < -0.4 is 5.76 Å². The van der Waals surface area contributed by atoms with Crippen molar-refractivity contribution in [3.8, 4) is 0 Å². The fraction of sp³-hybridized carbons (Fsp3) is 0.467. The van der Waals surface area contributed by atoms with Crippen LogP contribution in [-0.4, -0.2) is 15.6 Å². The summed E-state index contributed by atoms with van der Waals surface area (Å²) in [6, 6.07) is 5.30. The molecule has 1 aliphatic carbocycles. The van der Waals surface area contributed by atoms with Crippen LogP contribution >= 0.6 is 0 Å². The highest BCUT2D eigenvalue weighted by Crippen LogP contribution is 2.42. The number of oxazole rings is 1. The molecule has 1 aliphatic rings. The van der Waals surface area contributed by atoms with E-state index in [2.05, 4.69) is 0 Å². The first kappa shape index (κ1) is 13.0. The van der Waals surface area contributed by atoms with Gasteiger partial charge in [0, 0.05) is 6.54 Å². The van der Waals surface area contributed by atoms with E-state index in [0.717, 1.165) is 18.4 Å². The minimum atomic E-state index is -0.805. The number of hydrogen-bond acceptors (Lipinski definition) is 3. The van der Waals surface area contributed by atoms with Gasteiger partial charge in [0.2, 0.25) is 0 Å². The summed E-state index contributed by atoms with van der Waals surface area (Å²) < 4.78 is 6.69. The average molecular weight is 275 g/mol. The Kier molecular flexibility index (Phi) is 2.92. The molecule has 5 nitrogen and oxygen atoms in total. The Labute approximate surface area is 115 Å². The molecule has 20 heavy (non-hydrogen) atoms. The van der Waals surface area contributed by atoms with Gasteiger partial charge in [-0.1, -0.05) is 18.9 Å². The molecule has 0 aliphatic heterocycles. The molecule has 1 heterocycles. The SMILES string of the molecule is CCn1c(=O)oc2ccc(C3(C(=O)O)CCCC3)cc21. The lowest BCUT2D eigenvalue weighted by atomic mass is 9.79.